The van der Waals surface area contributed by atoms with E-state index in [1.54, 1.807) is 18.2 Å². The van der Waals surface area contributed by atoms with E-state index in [1.807, 2.05) is 0 Å². The van der Waals surface area contributed by atoms with E-state index in [1.165, 1.54) is 6.07 Å². The highest BCUT2D eigenvalue weighted by molar-refractivity contribution is 5.77. The first kappa shape index (κ1) is 14.0. The van der Waals surface area contributed by atoms with Crippen LogP contribution in [0.1, 0.15) is 31.2 Å². The van der Waals surface area contributed by atoms with Gasteiger partial charge in [0.15, 0.2) is 0 Å². The molecule has 1 aliphatic carbocycles. The molecule has 5 heteroatoms. The van der Waals surface area contributed by atoms with Crippen molar-refractivity contribution in [1.29, 1.82) is 0 Å². The van der Waals surface area contributed by atoms with Crippen LogP contribution in [-0.4, -0.2) is 18.1 Å². The average molecular weight is 266 g/mol. The monoisotopic (exact) mass is 266 g/mol. The summed E-state index contributed by atoms with van der Waals surface area (Å²) in [5, 5.41) is 0. The first-order chi connectivity index (χ1) is 9.15. The van der Waals surface area contributed by atoms with Crippen LogP contribution in [0.3, 0.4) is 0 Å². The molecule has 0 unspecified atom stereocenters. The molecule has 2 rings (SSSR count). The highest BCUT2D eigenvalue weighted by Gasteiger charge is 2.20. The molecule has 0 aromatic heterocycles. The van der Waals surface area contributed by atoms with Crippen molar-refractivity contribution in [2.45, 2.75) is 44.2 Å². The van der Waals surface area contributed by atoms with Crippen molar-refractivity contribution in [2.24, 2.45) is 5.73 Å². The fourth-order valence-electron chi connectivity index (χ4n) is 2.21. The number of hydroxylamine groups is 1. The zero-order valence-corrected chi connectivity index (χ0v) is 10.8. The summed E-state index contributed by atoms with van der Waals surface area (Å²) in [4.78, 5) is 17.0. The number of rotatable bonds is 4. The molecule has 1 aliphatic rings. The van der Waals surface area contributed by atoms with Gasteiger partial charge in [-0.3, -0.25) is 9.63 Å². The van der Waals surface area contributed by atoms with Gasteiger partial charge in [-0.25, -0.2) is 9.87 Å². The summed E-state index contributed by atoms with van der Waals surface area (Å²) in [6, 6.07) is 6.47. The van der Waals surface area contributed by atoms with Gasteiger partial charge in [0.2, 0.25) is 5.91 Å². The summed E-state index contributed by atoms with van der Waals surface area (Å²) < 4.78 is 13.4. The number of nitrogens with two attached hydrogens (primary N) is 1. The molecule has 0 aliphatic heterocycles. The largest absolute Gasteiger partial charge is 0.328 e. The van der Waals surface area contributed by atoms with Crippen LogP contribution >= 0.6 is 0 Å². The third-order valence-corrected chi connectivity index (χ3v) is 3.37. The number of halogens is 1. The predicted octanol–water partition coefficient (Wildman–Crippen LogP) is 1.69. The molecule has 0 atom stereocenters. The molecule has 0 radical (unpaired) electrons. The van der Waals surface area contributed by atoms with E-state index >= 15 is 0 Å². The molecule has 1 aromatic carbocycles. The number of nitrogens with one attached hydrogen (secondary N) is 1. The maximum atomic E-state index is 13.4. The SMILES string of the molecule is NC1CCC(ONC(=O)Cc2ccccc2F)CC1. The molecule has 0 heterocycles. The summed E-state index contributed by atoms with van der Waals surface area (Å²) in [6.07, 6.45) is 3.52. The summed E-state index contributed by atoms with van der Waals surface area (Å²) >= 11 is 0. The Labute approximate surface area is 112 Å². The Morgan fingerprint density at radius 2 is 2.00 bits per heavy atom. The number of carbonyl (C=O) groups is 1. The normalized spacial score (nSPS) is 23.1. The van der Waals surface area contributed by atoms with E-state index in [0.29, 0.717) is 5.56 Å². The molecule has 4 nitrogen and oxygen atoms in total. The highest BCUT2D eigenvalue weighted by Crippen LogP contribution is 2.19. The second-order valence-corrected chi connectivity index (χ2v) is 4.95. The van der Waals surface area contributed by atoms with E-state index in [-0.39, 0.29) is 30.3 Å². The van der Waals surface area contributed by atoms with Gasteiger partial charge in [-0.15, -0.1) is 0 Å². The second kappa shape index (κ2) is 6.63. The average Bonchev–Trinajstić information content (AvgIpc) is 2.41. The summed E-state index contributed by atoms with van der Waals surface area (Å²) in [5.74, 6) is -0.707. The third kappa shape index (κ3) is 4.29. The van der Waals surface area contributed by atoms with Crippen LogP contribution in [0.5, 0.6) is 0 Å². The molecule has 0 spiro atoms. The van der Waals surface area contributed by atoms with Crippen molar-refractivity contribution in [2.75, 3.05) is 0 Å². The van der Waals surface area contributed by atoms with Gasteiger partial charge in [-0.1, -0.05) is 18.2 Å². The number of carbonyl (C=O) groups excluding carboxylic acids is 1. The lowest BCUT2D eigenvalue weighted by atomic mass is 9.94. The lowest BCUT2D eigenvalue weighted by Crippen LogP contribution is -2.36. The van der Waals surface area contributed by atoms with E-state index in [2.05, 4.69) is 5.48 Å². The van der Waals surface area contributed by atoms with Crippen molar-refractivity contribution >= 4 is 5.91 Å². The minimum Gasteiger partial charge on any atom is -0.328 e. The van der Waals surface area contributed by atoms with Gasteiger partial charge in [0, 0.05) is 6.04 Å². The molecule has 19 heavy (non-hydrogen) atoms. The van der Waals surface area contributed by atoms with Crippen LogP contribution < -0.4 is 11.2 Å². The zero-order valence-electron chi connectivity index (χ0n) is 10.8. The van der Waals surface area contributed by atoms with E-state index in [0.717, 1.165) is 25.7 Å². The van der Waals surface area contributed by atoms with Crippen LogP contribution in [0.2, 0.25) is 0 Å². The number of amides is 1. The predicted molar refractivity (Wildman–Crippen MR) is 69.6 cm³/mol. The van der Waals surface area contributed by atoms with Crippen LogP contribution in [0.15, 0.2) is 24.3 Å². The minimum absolute atomic E-state index is 0.0150. The van der Waals surface area contributed by atoms with E-state index in [9.17, 15) is 9.18 Å². The van der Waals surface area contributed by atoms with Gasteiger partial charge in [0.25, 0.3) is 0 Å². The summed E-state index contributed by atoms with van der Waals surface area (Å²) in [6.45, 7) is 0. The Bertz CT molecular complexity index is 431. The van der Waals surface area contributed by atoms with Crippen LogP contribution in [0.4, 0.5) is 4.39 Å². The summed E-state index contributed by atoms with van der Waals surface area (Å²) in [7, 11) is 0. The van der Waals surface area contributed by atoms with Crippen LogP contribution in [-0.2, 0) is 16.1 Å². The Kier molecular flexibility index (Phi) is 4.87. The van der Waals surface area contributed by atoms with Gasteiger partial charge in [-0.05, 0) is 37.3 Å². The Morgan fingerprint density at radius 3 is 2.68 bits per heavy atom. The van der Waals surface area contributed by atoms with Crippen molar-refractivity contribution in [3.05, 3.63) is 35.6 Å². The Balaban J connectivity index is 1.74. The standard InChI is InChI=1S/C14H19FN2O2/c15-13-4-2-1-3-10(13)9-14(18)17-19-12-7-5-11(16)6-8-12/h1-4,11-12H,5-9,16H2,(H,17,18). The van der Waals surface area contributed by atoms with Gasteiger partial charge in [-0.2, -0.15) is 0 Å². The maximum Gasteiger partial charge on any atom is 0.248 e. The van der Waals surface area contributed by atoms with Gasteiger partial charge in [0.1, 0.15) is 5.82 Å². The molecule has 104 valence electrons. The molecule has 1 amide bonds. The van der Waals surface area contributed by atoms with E-state index < -0.39 is 0 Å². The lowest BCUT2D eigenvalue weighted by Gasteiger charge is -2.25. The molecular weight excluding hydrogens is 247 g/mol. The molecule has 0 bridgehead atoms. The molecule has 1 aromatic rings. The molecule has 3 N–H and O–H groups in total. The fraction of sp³-hybridized carbons (Fsp3) is 0.500. The molecular formula is C14H19FN2O2. The smallest absolute Gasteiger partial charge is 0.248 e. The Morgan fingerprint density at radius 1 is 1.32 bits per heavy atom. The third-order valence-electron chi connectivity index (χ3n) is 3.37. The van der Waals surface area contributed by atoms with Crippen LogP contribution in [0.25, 0.3) is 0 Å². The van der Waals surface area contributed by atoms with Crippen LogP contribution in [0, 0.1) is 5.82 Å². The molecule has 0 saturated heterocycles. The van der Waals surface area contributed by atoms with Crippen molar-refractivity contribution < 1.29 is 14.0 Å². The van der Waals surface area contributed by atoms with Crippen molar-refractivity contribution in [3.8, 4) is 0 Å². The second-order valence-electron chi connectivity index (χ2n) is 4.95. The number of benzene rings is 1. The highest BCUT2D eigenvalue weighted by atomic mass is 19.1. The lowest BCUT2D eigenvalue weighted by molar-refractivity contribution is -0.139. The summed E-state index contributed by atoms with van der Waals surface area (Å²) in [5.41, 5.74) is 8.55. The first-order valence-electron chi connectivity index (χ1n) is 6.58. The van der Waals surface area contributed by atoms with E-state index in [4.69, 9.17) is 10.6 Å². The van der Waals surface area contributed by atoms with Gasteiger partial charge in [0.05, 0.1) is 12.5 Å². The minimum atomic E-state index is -0.374. The maximum absolute atomic E-state index is 13.4. The topological polar surface area (TPSA) is 64.3 Å². The van der Waals surface area contributed by atoms with Gasteiger partial charge < -0.3 is 5.73 Å². The fourth-order valence-corrected chi connectivity index (χ4v) is 2.21. The molecule has 1 saturated carbocycles. The number of hydrogen-bond donors (Lipinski definition) is 2. The van der Waals surface area contributed by atoms with Gasteiger partial charge >= 0.3 is 0 Å². The number of hydrogen-bond acceptors (Lipinski definition) is 3. The molecule has 1 fully saturated rings. The quantitative estimate of drug-likeness (QED) is 0.815. The first-order valence-corrected chi connectivity index (χ1v) is 6.58. The zero-order chi connectivity index (χ0) is 13.7. The van der Waals surface area contributed by atoms with Crippen molar-refractivity contribution in [1.82, 2.24) is 5.48 Å². The van der Waals surface area contributed by atoms with Crippen molar-refractivity contribution in [3.63, 3.8) is 0 Å². The Hall–Kier alpha value is -1.46.